The second-order valence-corrected chi connectivity index (χ2v) is 7.59. The van der Waals surface area contributed by atoms with Crippen LogP contribution < -0.4 is 5.32 Å². The maximum Gasteiger partial charge on any atom is 0.289 e. The topological polar surface area (TPSA) is 78.9 Å². The fourth-order valence-electron chi connectivity index (χ4n) is 4.22. The molecule has 4 heterocycles. The molecule has 0 spiro atoms. The molecule has 4 rings (SSSR count). The summed E-state index contributed by atoms with van der Waals surface area (Å²) in [6.45, 7) is 3.66. The van der Waals surface area contributed by atoms with E-state index in [1.165, 1.54) is 19.1 Å². The summed E-state index contributed by atoms with van der Waals surface area (Å²) < 4.78 is 10.8. The van der Waals surface area contributed by atoms with Gasteiger partial charge < -0.3 is 19.1 Å². The monoisotopic (exact) mass is 385 g/mol. The number of nitrogens with one attached hydrogen (secondary N) is 1. The first kappa shape index (κ1) is 18.8. The van der Waals surface area contributed by atoms with E-state index in [1.807, 2.05) is 12.1 Å². The van der Waals surface area contributed by atoms with E-state index in [0.29, 0.717) is 25.4 Å². The lowest BCUT2D eigenvalue weighted by atomic mass is 9.96. The Labute approximate surface area is 164 Å². The van der Waals surface area contributed by atoms with Crippen molar-refractivity contribution in [1.82, 2.24) is 15.1 Å². The van der Waals surface area contributed by atoms with E-state index < -0.39 is 0 Å². The van der Waals surface area contributed by atoms with Gasteiger partial charge in [-0.25, -0.2) is 0 Å². The van der Waals surface area contributed by atoms with Crippen molar-refractivity contribution >= 4 is 11.8 Å². The van der Waals surface area contributed by atoms with Crippen molar-refractivity contribution in [3.05, 3.63) is 48.3 Å². The standard InChI is InChI=1S/C21H27N3O4/c25-20(16-6-3-11-24(15-16)21(26)19-8-5-13-28-19)22-14-17(18-7-4-12-27-18)23-9-1-2-10-23/h4-5,7-8,12-13,16-17H,1-3,6,9-11,14-15H2,(H,22,25)/t16-,17-/m0/s1. The van der Waals surface area contributed by atoms with Crippen molar-refractivity contribution in [3.8, 4) is 0 Å². The summed E-state index contributed by atoms with van der Waals surface area (Å²) in [5, 5.41) is 3.11. The van der Waals surface area contributed by atoms with Crippen molar-refractivity contribution in [2.45, 2.75) is 31.7 Å². The van der Waals surface area contributed by atoms with Gasteiger partial charge in [-0.3, -0.25) is 14.5 Å². The van der Waals surface area contributed by atoms with Gasteiger partial charge >= 0.3 is 0 Å². The Bertz CT molecular complexity index is 766. The summed E-state index contributed by atoms with van der Waals surface area (Å²) in [6.07, 6.45) is 7.14. The van der Waals surface area contributed by atoms with Crippen LogP contribution in [-0.4, -0.2) is 54.3 Å². The first-order chi connectivity index (χ1) is 13.7. The molecule has 2 aliphatic rings. The van der Waals surface area contributed by atoms with E-state index in [9.17, 15) is 9.59 Å². The average molecular weight is 385 g/mol. The molecule has 0 bridgehead atoms. The summed E-state index contributed by atoms with van der Waals surface area (Å²) in [5.41, 5.74) is 0. The van der Waals surface area contributed by atoms with Crippen molar-refractivity contribution in [2.24, 2.45) is 5.92 Å². The molecule has 1 N–H and O–H groups in total. The van der Waals surface area contributed by atoms with Crippen LogP contribution in [0.15, 0.2) is 45.6 Å². The minimum atomic E-state index is -0.191. The molecule has 150 valence electrons. The maximum absolute atomic E-state index is 12.8. The number of hydrogen-bond donors (Lipinski definition) is 1. The smallest absolute Gasteiger partial charge is 0.289 e. The van der Waals surface area contributed by atoms with Crippen LogP contribution in [-0.2, 0) is 4.79 Å². The molecule has 0 aliphatic carbocycles. The number of amides is 2. The summed E-state index contributed by atoms with van der Waals surface area (Å²) in [4.78, 5) is 29.4. The lowest BCUT2D eigenvalue weighted by molar-refractivity contribution is -0.126. The summed E-state index contributed by atoms with van der Waals surface area (Å²) in [5.74, 6) is 0.887. The zero-order valence-corrected chi connectivity index (χ0v) is 16.0. The van der Waals surface area contributed by atoms with Crippen LogP contribution in [0.3, 0.4) is 0 Å². The third-order valence-corrected chi connectivity index (χ3v) is 5.73. The first-order valence-corrected chi connectivity index (χ1v) is 10.1. The normalized spacial score (nSPS) is 21.6. The van der Waals surface area contributed by atoms with E-state index in [1.54, 1.807) is 23.3 Å². The van der Waals surface area contributed by atoms with E-state index in [-0.39, 0.29) is 23.8 Å². The Morgan fingerprint density at radius 3 is 2.57 bits per heavy atom. The Morgan fingerprint density at radius 1 is 1.07 bits per heavy atom. The lowest BCUT2D eigenvalue weighted by Crippen LogP contribution is -2.46. The molecule has 0 unspecified atom stereocenters. The molecular formula is C21H27N3O4. The van der Waals surface area contributed by atoms with Crippen LogP contribution in [0.5, 0.6) is 0 Å². The van der Waals surface area contributed by atoms with Crippen molar-refractivity contribution in [2.75, 3.05) is 32.7 Å². The minimum Gasteiger partial charge on any atom is -0.468 e. The summed E-state index contributed by atoms with van der Waals surface area (Å²) in [7, 11) is 0. The lowest BCUT2D eigenvalue weighted by Gasteiger charge is -2.32. The number of carbonyl (C=O) groups excluding carboxylic acids is 2. The quantitative estimate of drug-likeness (QED) is 0.827. The highest BCUT2D eigenvalue weighted by Gasteiger charge is 2.31. The van der Waals surface area contributed by atoms with Crippen LogP contribution in [0.2, 0.25) is 0 Å². The largest absolute Gasteiger partial charge is 0.468 e. The molecule has 2 saturated heterocycles. The molecule has 2 fully saturated rings. The Balaban J connectivity index is 1.35. The number of nitrogens with zero attached hydrogens (tertiary/aromatic N) is 2. The number of rotatable bonds is 6. The van der Waals surface area contributed by atoms with Gasteiger partial charge in [-0.15, -0.1) is 0 Å². The number of piperidine rings is 1. The summed E-state index contributed by atoms with van der Waals surface area (Å²) >= 11 is 0. The van der Waals surface area contributed by atoms with Crippen LogP contribution in [0.4, 0.5) is 0 Å². The number of hydrogen-bond acceptors (Lipinski definition) is 5. The van der Waals surface area contributed by atoms with Gasteiger partial charge in [0.15, 0.2) is 5.76 Å². The third-order valence-electron chi connectivity index (χ3n) is 5.73. The Hall–Kier alpha value is -2.54. The highest BCUT2D eigenvalue weighted by molar-refractivity contribution is 5.92. The number of likely N-dealkylation sites (tertiary alicyclic amines) is 2. The zero-order chi connectivity index (χ0) is 19.3. The fraction of sp³-hybridized carbons (Fsp3) is 0.524. The van der Waals surface area contributed by atoms with E-state index in [2.05, 4.69) is 10.2 Å². The van der Waals surface area contributed by atoms with Gasteiger partial charge in [-0.2, -0.15) is 0 Å². The maximum atomic E-state index is 12.8. The Kier molecular flexibility index (Phi) is 5.81. The van der Waals surface area contributed by atoms with Gasteiger partial charge in [0.1, 0.15) is 5.76 Å². The van der Waals surface area contributed by atoms with Crippen molar-refractivity contribution < 1.29 is 18.4 Å². The minimum absolute atomic E-state index is 0.00713. The van der Waals surface area contributed by atoms with Gasteiger partial charge in [-0.05, 0) is 63.0 Å². The molecule has 0 saturated carbocycles. The van der Waals surface area contributed by atoms with E-state index in [4.69, 9.17) is 8.83 Å². The SMILES string of the molecule is O=C(NC[C@@H](c1ccco1)N1CCCC1)[C@H]1CCCN(C(=O)c2ccco2)C1. The zero-order valence-electron chi connectivity index (χ0n) is 16.0. The second-order valence-electron chi connectivity index (χ2n) is 7.59. The van der Waals surface area contributed by atoms with Crippen molar-refractivity contribution in [1.29, 1.82) is 0 Å². The molecule has 2 aromatic heterocycles. The number of furan rings is 2. The van der Waals surface area contributed by atoms with Crippen LogP contribution in [0.1, 0.15) is 48.0 Å². The Morgan fingerprint density at radius 2 is 1.86 bits per heavy atom. The average Bonchev–Trinajstić information content (AvgIpc) is 3.51. The highest BCUT2D eigenvalue weighted by Crippen LogP contribution is 2.25. The van der Waals surface area contributed by atoms with Gasteiger partial charge in [0.05, 0.1) is 24.5 Å². The second kappa shape index (κ2) is 8.65. The van der Waals surface area contributed by atoms with Crippen LogP contribution in [0.25, 0.3) is 0 Å². The molecule has 7 heteroatoms. The molecule has 0 aromatic carbocycles. The summed E-state index contributed by atoms with van der Waals surface area (Å²) in [6, 6.07) is 7.29. The number of carbonyl (C=O) groups is 2. The van der Waals surface area contributed by atoms with Crippen LogP contribution in [0, 0.1) is 5.92 Å². The molecule has 2 atom stereocenters. The first-order valence-electron chi connectivity index (χ1n) is 10.1. The molecule has 2 aliphatic heterocycles. The molecule has 28 heavy (non-hydrogen) atoms. The molecule has 7 nitrogen and oxygen atoms in total. The van der Waals surface area contributed by atoms with E-state index >= 15 is 0 Å². The predicted molar refractivity (Wildman–Crippen MR) is 103 cm³/mol. The van der Waals surface area contributed by atoms with Gasteiger partial charge in [0.25, 0.3) is 5.91 Å². The van der Waals surface area contributed by atoms with Gasteiger partial charge in [-0.1, -0.05) is 0 Å². The van der Waals surface area contributed by atoms with Crippen molar-refractivity contribution in [3.63, 3.8) is 0 Å². The predicted octanol–water partition coefficient (Wildman–Crippen LogP) is 2.68. The fourth-order valence-corrected chi connectivity index (χ4v) is 4.22. The van der Waals surface area contributed by atoms with Crippen LogP contribution >= 0.6 is 0 Å². The highest BCUT2D eigenvalue weighted by atomic mass is 16.3. The van der Waals surface area contributed by atoms with Gasteiger partial charge in [0, 0.05) is 19.6 Å². The molecular weight excluding hydrogens is 358 g/mol. The van der Waals surface area contributed by atoms with E-state index in [0.717, 1.165) is 31.7 Å². The molecule has 2 aromatic rings. The molecule has 2 amide bonds. The molecule has 0 radical (unpaired) electrons. The third kappa shape index (κ3) is 4.14. The van der Waals surface area contributed by atoms with Gasteiger partial charge in [0.2, 0.25) is 5.91 Å².